The molecule has 0 radical (unpaired) electrons. The second-order valence-electron chi connectivity index (χ2n) is 5.10. The van der Waals surface area contributed by atoms with Crippen molar-refractivity contribution in [1.82, 2.24) is 5.32 Å². The van der Waals surface area contributed by atoms with Gasteiger partial charge in [0.1, 0.15) is 0 Å². The van der Waals surface area contributed by atoms with Crippen LogP contribution < -0.4 is 10.6 Å². The van der Waals surface area contributed by atoms with Crippen LogP contribution in [0.2, 0.25) is 5.02 Å². The summed E-state index contributed by atoms with van der Waals surface area (Å²) in [5.41, 5.74) is 1.43. The second-order valence-corrected chi connectivity index (χ2v) is 6.36. The molecule has 104 valence electrons. The number of carbonyl (C=O) groups is 1. The lowest BCUT2D eigenvalue weighted by Gasteiger charge is -2.25. The van der Waals surface area contributed by atoms with E-state index in [4.69, 9.17) is 11.6 Å². The molecule has 1 saturated heterocycles. The highest BCUT2D eigenvalue weighted by Gasteiger charge is 2.39. The fourth-order valence-corrected chi connectivity index (χ4v) is 3.12. The van der Waals surface area contributed by atoms with E-state index in [0.29, 0.717) is 5.02 Å². The van der Waals surface area contributed by atoms with Gasteiger partial charge >= 0.3 is 0 Å². The van der Waals surface area contributed by atoms with Crippen LogP contribution in [0, 0.1) is 12.3 Å². The Labute approximate surface area is 127 Å². The molecule has 1 aliphatic rings. The molecule has 1 aromatic carbocycles. The van der Waals surface area contributed by atoms with Crippen LogP contribution >= 0.6 is 27.5 Å². The molecular formula is C14H18BrClN2O. The fraction of sp³-hybridized carbons (Fsp3) is 0.500. The van der Waals surface area contributed by atoms with Crippen LogP contribution in [0.5, 0.6) is 0 Å². The third-order valence-corrected chi connectivity index (χ3v) is 4.96. The van der Waals surface area contributed by atoms with E-state index in [1.807, 2.05) is 13.0 Å². The van der Waals surface area contributed by atoms with Gasteiger partial charge in [0.05, 0.1) is 11.1 Å². The number of rotatable bonds is 3. The first-order valence-corrected chi connectivity index (χ1v) is 7.63. The van der Waals surface area contributed by atoms with Crippen LogP contribution in [0.25, 0.3) is 0 Å². The minimum Gasteiger partial charge on any atom is -0.324 e. The Hall–Kier alpha value is -0.580. The molecule has 2 N–H and O–H groups in total. The highest BCUT2D eigenvalue weighted by atomic mass is 79.9. The van der Waals surface area contributed by atoms with Gasteiger partial charge in [0, 0.05) is 16.0 Å². The van der Waals surface area contributed by atoms with Crippen LogP contribution in [0.1, 0.15) is 25.3 Å². The minimum atomic E-state index is -0.295. The smallest absolute Gasteiger partial charge is 0.231 e. The van der Waals surface area contributed by atoms with Crippen molar-refractivity contribution in [3.63, 3.8) is 0 Å². The molecule has 0 aromatic heterocycles. The largest absolute Gasteiger partial charge is 0.324 e. The summed E-state index contributed by atoms with van der Waals surface area (Å²) in [4.78, 5) is 12.5. The van der Waals surface area contributed by atoms with Gasteiger partial charge in [0.2, 0.25) is 5.91 Å². The molecule has 0 bridgehead atoms. The Balaban J connectivity index is 2.21. The van der Waals surface area contributed by atoms with Gasteiger partial charge in [-0.05, 0) is 59.9 Å². The van der Waals surface area contributed by atoms with E-state index in [0.717, 1.165) is 41.7 Å². The van der Waals surface area contributed by atoms with E-state index in [9.17, 15) is 4.79 Å². The Morgan fingerprint density at radius 2 is 2.32 bits per heavy atom. The molecule has 1 atom stereocenters. The van der Waals surface area contributed by atoms with E-state index in [-0.39, 0.29) is 11.3 Å². The summed E-state index contributed by atoms with van der Waals surface area (Å²) in [6.07, 6.45) is 1.72. The third kappa shape index (κ3) is 2.96. The van der Waals surface area contributed by atoms with Crippen molar-refractivity contribution in [2.75, 3.05) is 18.4 Å². The van der Waals surface area contributed by atoms with E-state index >= 15 is 0 Å². The molecule has 1 unspecified atom stereocenters. The van der Waals surface area contributed by atoms with Gasteiger partial charge in [-0.25, -0.2) is 0 Å². The number of anilines is 1. The molecule has 0 aliphatic carbocycles. The van der Waals surface area contributed by atoms with Gasteiger partial charge < -0.3 is 10.6 Å². The Kier molecular flexibility index (Phi) is 4.54. The monoisotopic (exact) mass is 344 g/mol. The van der Waals surface area contributed by atoms with Gasteiger partial charge in [0.25, 0.3) is 0 Å². The number of nitrogens with one attached hydrogen (secondary N) is 2. The number of carbonyl (C=O) groups excluding carboxylic acids is 1. The SMILES string of the molecule is CCC1(C(=O)Nc2cc(Cl)c(C)cc2Br)CCNC1. The highest BCUT2D eigenvalue weighted by molar-refractivity contribution is 9.10. The molecule has 1 heterocycles. The van der Waals surface area contributed by atoms with Crippen LogP contribution in [0.3, 0.4) is 0 Å². The lowest BCUT2D eigenvalue weighted by Crippen LogP contribution is -2.37. The second kappa shape index (κ2) is 5.81. The van der Waals surface area contributed by atoms with E-state index in [1.165, 1.54) is 0 Å². The van der Waals surface area contributed by atoms with Crippen LogP contribution in [0.4, 0.5) is 5.69 Å². The van der Waals surface area contributed by atoms with Crippen LogP contribution in [0.15, 0.2) is 16.6 Å². The standard InChI is InChI=1S/C14H18BrClN2O/c1-3-14(4-5-17-8-14)13(19)18-12-7-11(16)9(2)6-10(12)15/h6-7,17H,3-5,8H2,1-2H3,(H,18,19). The normalized spacial score (nSPS) is 22.5. The van der Waals surface area contributed by atoms with Gasteiger partial charge in [0.15, 0.2) is 0 Å². The number of aryl methyl sites for hydroxylation is 1. The average Bonchev–Trinajstić information content (AvgIpc) is 2.86. The quantitative estimate of drug-likeness (QED) is 0.876. The molecule has 1 fully saturated rings. The molecular weight excluding hydrogens is 328 g/mol. The molecule has 3 nitrogen and oxygen atoms in total. The number of amides is 1. The zero-order valence-corrected chi connectivity index (χ0v) is 13.5. The number of benzene rings is 1. The molecule has 1 aromatic rings. The Bertz CT molecular complexity index is 498. The molecule has 19 heavy (non-hydrogen) atoms. The molecule has 0 spiro atoms. The van der Waals surface area contributed by atoms with E-state index < -0.39 is 0 Å². The minimum absolute atomic E-state index is 0.0700. The van der Waals surface area contributed by atoms with Crippen LogP contribution in [-0.4, -0.2) is 19.0 Å². The van der Waals surface area contributed by atoms with Crippen molar-refractivity contribution in [2.45, 2.75) is 26.7 Å². The maximum absolute atomic E-state index is 12.5. The predicted molar refractivity (Wildman–Crippen MR) is 82.7 cm³/mol. The summed E-state index contributed by atoms with van der Waals surface area (Å²) in [6, 6.07) is 3.72. The Morgan fingerprint density at radius 1 is 1.58 bits per heavy atom. The van der Waals surface area contributed by atoms with E-state index in [2.05, 4.69) is 33.5 Å². The maximum Gasteiger partial charge on any atom is 0.231 e. The topological polar surface area (TPSA) is 41.1 Å². The first-order chi connectivity index (χ1) is 8.98. The van der Waals surface area contributed by atoms with Crippen molar-refractivity contribution in [1.29, 1.82) is 0 Å². The van der Waals surface area contributed by atoms with Crippen molar-refractivity contribution in [3.05, 3.63) is 27.2 Å². The Morgan fingerprint density at radius 3 is 2.89 bits per heavy atom. The fourth-order valence-electron chi connectivity index (χ4n) is 2.40. The van der Waals surface area contributed by atoms with Gasteiger partial charge in [-0.1, -0.05) is 18.5 Å². The van der Waals surface area contributed by atoms with Gasteiger partial charge in [-0.3, -0.25) is 4.79 Å². The maximum atomic E-state index is 12.5. The van der Waals surface area contributed by atoms with Crippen LogP contribution in [-0.2, 0) is 4.79 Å². The van der Waals surface area contributed by atoms with E-state index in [1.54, 1.807) is 6.07 Å². The lowest BCUT2D eigenvalue weighted by atomic mass is 9.83. The summed E-state index contributed by atoms with van der Waals surface area (Å²) in [5.74, 6) is 0.0700. The summed E-state index contributed by atoms with van der Waals surface area (Å²) < 4.78 is 0.861. The number of hydrogen-bond acceptors (Lipinski definition) is 2. The predicted octanol–water partition coefficient (Wildman–Crippen LogP) is 3.74. The molecule has 2 rings (SSSR count). The highest BCUT2D eigenvalue weighted by Crippen LogP contribution is 2.34. The first-order valence-electron chi connectivity index (χ1n) is 6.46. The average molecular weight is 346 g/mol. The summed E-state index contributed by atoms with van der Waals surface area (Å²) in [6.45, 7) is 5.64. The summed E-state index contributed by atoms with van der Waals surface area (Å²) in [7, 11) is 0. The molecule has 0 saturated carbocycles. The summed E-state index contributed by atoms with van der Waals surface area (Å²) >= 11 is 9.58. The van der Waals surface area contributed by atoms with Crippen molar-refractivity contribution >= 4 is 39.1 Å². The third-order valence-electron chi connectivity index (χ3n) is 3.90. The molecule has 1 amide bonds. The van der Waals surface area contributed by atoms with Gasteiger partial charge in [-0.2, -0.15) is 0 Å². The number of halogens is 2. The van der Waals surface area contributed by atoms with Crippen molar-refractivity contribution in [3.8, 4) is 0 Å². The summed E-state index contributed by atoms with van der Waals surface area (Å²) in [5, 5.41) is 6.93. The van der Waals surface area contributed by atoms with Crippen molar-refractivity contribution in [2.24, 2.45) is 5.41 Å². The molecule has 1 aliphatic heterocycles. The first kappa shape index (κ1) is 14.8. The molecule has 5 heteroatoms. The zero-order valence-electron chi connectivity index (χ0n) is 11.1. The lowest BCUT2D eigenvalue weighted by molar-refractivity contribution is -0.124. The van der Waals surface area contributed by atoms with Gasteiger partial charge in [-0.15, -0.1) is 0 Å². The van der Waals surface area contributed by atoms with Crippen molar-refractivity contribution < 1.29 is 4.79 Å². The number of hydrogen-bond donors (Lipinski definition) is 2. The zero-order chi connectivity index (χ0) is 14.0.